The number of halogens is 3. The summed E-state index contributed by atoms with van der Waals surface area (Å²) < 4.78 is 29.0. The number of benzene rings is 1. The molecule has 0 bridgehead atoms. The van der Waals surface area contributed by atoms with Crippen LogP contribution in [-0.2, 0) is 4.79 Å². The van der Waals surface area contributed by atoms with Crippen molar-refractivity contribution in [3.05, 3.63) is 41.6 Å². The van der Waals surface area contributed by atoms with Crippen LogP contribution in [0, 0.1) is 11.7 Å². The molecule has 1 aliphatic carbocycles. The lowest BCUT2D eigenvalue weighted by molar-refractivity contribution is -0.117. The van der Waals surface area contributed by atoms with Gasteiger partial charge in [-0.15, -0.1) is 0 Å². The maximum absolute atomic E-state index is 14.3. The third-order valence-electron chi connectivity index (χ3n) is 4.81. The summed E-state index contributed by atoms with van der Waals surface area (Å²) in [5.74, 6) is -2.27. The topological polar surface area (TPSA) is 95.3 Å². The lowest BCUT2D eigenvalue weighted by Crippen LogP contribution is -2.15. The first-order valence-corrected chi connectivity index (χ1v) is 8.79. The van der Waals surface area contributed by atoms with Gasteiger partial charge in [0.1, 0.15) is 17.3 Å². The predicted octanol–water partition coefficient (Wildman–Crippen LogP) is 3.67. The zero-order valence-electron chi connectivity index (χ0n) is 14.1. The minimum absolute atomic E-state index is 0.140. The zero-order chi connectivity index (χ0) is 19.6. The van der Waals surface area contributed by atoms with Crippen LogP contribution in [0.5, 0.6) is 5.75 Å². The summed E-state index contributed by atoms with van der Waals surface area (Å²) in [6, 6.07) is 3.36. The Bertz CT molecular complexity index is 1270. The Labute approximate surface area is 160 Å². The first kappa shape index (κ1) is 16.9. The minimum atomic E-state index is -1.09. The number of amides is 1. The average Bonchev–Trinajstić information content (AvgIpc) is 3.06. The predicted molar refractivity (Wildman–Crippen MR) is 98.5 cm³/mol. The molecule has 7 nitrogen and oxygen atoms in total. The lowest BCUT2D eigenvalue weighted by atomic mass is 10.0. The number of rotatable bonds is 3. The van der Waals surface area contributed by atoms with E-state index in [0.29, 0.717) is 22.2 Å². The number of phenolic OH excluding ortho intramolecular Hbond substituents is 1. The number of alkyl halides is 1. The lowest BCUT2D eigenvalue weighted by Gasteiger charge is -2.09. The number of nitrogens with zero attached hydrogens (tertiary/aromatic N) is 3. The smallest absolute Gasteiger partial charge is 0.231 e. The molecular weight excluding hydrogens is 392 g/mol. The molecule has 3 heterocycles. The Morgan fingerprint density at radius 1 is 1.39 bits per heavy atom. The van der Waals surface area contributed by atoms with Gasteiger partial charge >= 0.3 is 0 Å². The number of aromatic nitrogens is 4. The molecule has 0 radical (unpaired) electrons. The Morgan fingerprint density at radius 3 is 2.93 bits per heavy atom. The first-order chi connectivity index (χ1) is 13.4. The quantitative estimate of drug-likeness (QED) is 0.486. The van der Waals surface area contributed by atoms with Crippen LogP contribution >= 0.6 is 11.6 Å². The van der Waals surface area contributed by atoms with Gasteiger partial charge < -0.3 is 14.8 Å². The van der Waals surface area contributed by atoms with E-state index in [0.717, 1.165) is 0 Å². The van der Waals surface area contributed by atoms with Gasteiger partial charge in [0.15, 0.2) is 17.4 Å². The second-order valence-electron chi connectivity index (χ2n) is 6.67. The number of H-pyrrole nitrogens is 1. The van der Waals surface area contributed by atoms with Crippen molar-refractivity contribution in [1.29, 1.82) is 0 Å². The fraction of sp³-hybridized carbons (Fsp3) is 0.167. The van der Waals surface area contributed by atoms with Crippen molar-refractivity contribution in [2.24, 2.45) is 5.92 Å². The number of imidazole rings is 1. The summed E-state index contributed by atoms with van der Waals surface area (Å²) in [5.41, 5.74) is 1.59. The molecule has 5 rings (SSSR count). The van der Waals surface area contributed by atoms with Gasteiger partial charge in [0.25, 0.3) is 0 Å². The van der Waals surface area contributed by atoms with Crippen LogP contribution in [0.15, 0.2) is 30.7 Å². The maximum atomic E-state index is 14.3. The van der Waals surface area contributed by atoms with Crippen molar-refractivity contribution >= 4 is 39.9 Å². The molecule has 0 unspecified atom stereocenters. The van der Waals surface area contributed by atoms with E-state index >= 15 is 0 Å². The number of aromatic hydroxyl groups is 1. The SMILES string of the molecule is O=C(Nc1cn2cc(-c3c(Cl)c(F)c(O)c4[nH]ncc34)ccc2n1)[C@@H]1C[C@@H]1F. The van der Waals surface area contributed by atoms with Crippen molar-refractivity contribution in [3.63, 3.8) is 0 Å². The Morgan fingerprint density at radius 2 is 2.18 bits per heavy atom. The summed E-state index contributed by atoms with van der Waals surface area (Å²) in [7, 11) is 0. The molecule has 3 aromatic heterocycles. The number of nitrogens with one attached hydrogen (secondary N) is 2. The fourth-order valence-corrected chi connectivity index (χ4v) is 3.53. The van der Waals surface area contributed by atoms with E-state index < -0.39 is 29.6 Å². The number of fused-ring (bicyclic) bond motifs is 2. The van der Waals surface area contributed by atoms with Gasteiger partial charge in [0.2, 0.25) is 5.91 Å². The summed E-state index contributed by atoms with van der Waals surface area (Å²) >= 11 is 6.16. The number of anilines is 1. The average molecular weight is 404 g/mol. The summed E-state index contributed by atoms with van der Waals surface area (Å²) in [6.45, 7) is 0. The standard InChI is InChI=1S/C18H12ClF2N5O2/c19-14-13(9-4-22-25-16(9)17(27)15(14)21)7-1-2-12-23-11(6-26(12)5-7)24-18(28)8-3-10(8)20/h1-2,4-6,8,10,27H,3H2,(H,22,25)(H,24,28)/t8-,10+/m1/s1. The van der Waals surface area contributed by atoms with Crippen LogP contribution in [0.2, 0.25) is 5.02 Å². The molecule has 1 fully saturated rings. The molecule has 1 saturated carbocycles. The van der Waals surface area contributed by atoms with Gasteiger partial charge in [-0.05, 0) is 18.6 Å². The van der Waals surface area contributed by atoms with E-state index in [1.807, 2.05) is 0 Å². The molecule has 2 atom stereocenters. The zero-order valence-corrected chi connectivity index (χ0v) is 14.8. The van der Waals surface area contributed by atoms with Gasteiger partial charge in [-0.2, -0.15) is 5.10 Å². The van der Waals surface area contributed by atoms with Crippen molar-refractivity contribution in [2.75, 3.05) is 5.32 Å². The molecule has 10 heteroatoms. The number of hydrogen-bond donors (Lipinski definition) is 3. The highest BCUT2D eigenvalue weighted by atomic mass is 35.5. The van der Waals surface area contributed by atoms with Gasteiger partial charge in [-0.25, -0.2) is 13.8 Å². The number of pyridine rings is 1. The van der Waals surface area contributed by atoms with Gasteiger partial charge in [0.05, 0.1) is 23.3 Å². The van der Waals surface area contributed by atoms with Crippen LogP contribution < -0.4 is 5.32 Å². The van der Waals surface area contributed by atoms with Crippen LogP contribution in [0.1, 0.15) is 6.42 Å². The van der Waals surface area contributed by atoms with Crippen molar-refractivity contribution < 1.29 is 18.7 Å². The van der Waals surface area contributed by atoms with Crippen molar-refractivity contribution in [2.45, 2.75) is 12.6 Å². The number of hydrogen-bond acceptors (Lipinski definition) is 4. The largest absolute Gasteiger partial charge is 0.503 e. The van der Waals surface area contributed by atoms with E-state index in [1.54, 1.807) is 28.9 Å². The van der Waals surface area contributed by atoms with E-state index in [1.165, 1.54) is 6.20 Å². The number of carbonyl (C=O) groups is 1. The van der Waals surface area contributed by atoms with E-state index in [9.17, 15) is 18.7 Å². The number of phenols is 1. The molecule has 0 spiro atoms. The summed E-state index contributed by atoms with van der Waals surface area (Å²) in [4.78, 5) is 16.2. The second-order valence-corrected chi connectivity index (χ2v) is 7.05. The highest BCUT2D eigenvalue weighted by Gasteiger charge is 2.43. The van der Waals surface area contributed by atoms with E-state index in [2.05, 4.69) is 20.5 Å². The normalized spacial score (nSPS) is 18.7. The van der Waals surface area contributed by atoms with Gasteiger partial charge in [-0.1, -0.05) is 11.6 Å². The van der Waals surface area contributed by atoms with Gasteiger partial charge in [-0.3, -0.25) is 9.89 Å². The van der Waals surface area contributed by atoms with Crippen LogP contribution in [-0.4, -0.2) is 36.8 Å². The summed E-state index contributed by atoms with van der Waals surface area (Å²) in [6.07, 6.45) is 3.82. The highest BCUT2D eigenvalue weighted by molar-refractivity contribution is 6.35. The third kappa shape index (κ3) is 2.50. The monoisotopic (exact) mass is 403 g/mol. The van der Waals surface area contributed by atoms with Gasteiger partial charge in [0, 0.05) is 22.7 Å². The molecule has 3 N–H and O–H groups in total. The summed E-state index contributed by atoms with van der Waals surface area (Å²) in [5, 5.41) is 19.1. The fourth-order valence-electron chi connectivity index (χ4n) is 3.23. The molecule has 0 saturated heterocycles. The minimum Gasteiger partial charge on any atom is -0.503 e. The molecular formula is C18H12ClF2N5O2. The Kier molecular flexibility index (Phi) is 3.57. The molecule has 142 valence electrons. The molecule has 28 heavy (non-hydrogen) atoms. The number of aromatic amines is 1. The molecule has 0 aliphatic heterocycles. The van der Waals surface area contributed by atoms with Crippen molar-refractivity contribution in [3.8, 4) is 16.9 Å². The van der Waals surface area contributed by atoms with Crippen LogP contribution in [0.25, 0.3) is 27.7 Å². The van der Waals surface area contributed by atoms with Crippen molar-refractivity contribution in [1.82, 2.24) is 19.6 Å². The third-order valence-corrected chi connectivity index (χ3v) is 5.16. The molecule has 1 amide bonds. The van der Waals surface area contributed by atoms with E-state index in [-0.39, 0.29) is 22.8 Å². The van der Waals surface area contributed by atoms with Crippen LogP contribution in [0.3, 0.4) is 0 Å². The highest BCUT2D eigenvalue weighted by Crippen LogP contribution is 2.41. The molecule has 4 aromatic rings. The molecule has 1 aromatic carbocycles. The van der Waals surface area contributed by atoms with Crippen LogP contribution in [0.4, 0.5) is 14.6 Å². The number of carbonyl (C=O) groups excluding carboxylic acids is 1. The Balaban J connectivity index is 1.58. The second kappa shape index (κ2) is 5.90. The maximum Gasteiger partial charge on any atom is 0.231 e. The Hall–Kier alpha value is -3.20. The first-order valence-electron chi connectivity index (χ1n) is 8.41. The molecule has 1 aliphatic rings. The van der Waals surface area contributed by atoms with E-state index in [4.69, 9.17) is 11.6 Å².